The molecule has 3 heterocycles. The van der Waals surface area contributed by atoms with Crippen LogP contribution in [0.15, 0.2) is 23.6 Å². The molecule has 1 aliphatic heterocycles. The van der Waals surface area contributed by atoms with E-state index in [1.54, 1.807) is 11.3 Å². The number of nitrogens with zero attached hydrogens (tertiary/aromatic N) is 2. The Morgan fingerprint density at radius 2 is 2.25 bits per heavy atom. The number of thiophene rings is 1. The topological polar surface area (TPSA) is 61.0 Å². The van der Waals surface area contributed by atoms with Gasteiger partial charge in [-0.3, -0.25) is 9.89 Å². The highest BCUT2D eigenvalue weighted by Gasteiger charge is 2.24. The second-order valence-electron chi connectivity index (χ2n) is 5.04. The molecule has 0 atom stereocenters. The standard InChI is InChI=1S/C14H18N4OS/c1-18(10-4-6-15-7-5-10)14(19)12-9-11(16-17-12)13-3-2-8-20-13/h2-3,8-10,15H,4-7H2,1H3,(H,16,17). The Morgan fingerprint density at radius 1 is 1.45 bits per heavy atom. The summed E-state index contributed by atoms with van der Waals surface area (Å²) in [6, 6.07) is 6.16. The summed E-state index contributed by atoms with van der Waals surface area (Å²) in [7, 11) is 1.87. The summed E-state index contributed by atoms with van der Waals surface area (Å²) >= 11 is 1.63. The number of hydrogen-bond acceptors (Lipinski definition) is 4. The van der Waals surface area contributed by atoms with Crippen LogP contribution < -0.4 is 5.32 Å². The number of hydrogen-bond donors (Lipinski definition) is 2. The van der Waals surface area contributed by atoms with E-state index in [0.29, 0.717) is 11.7 Å². The van der Waals surface area contributed by atoms with E-state index in [-0.39, 0.29) is 5.91 Å². The smallest absolute Gasteiger partial charge is 0.274 e. The van der Waals surface area contributed by atoms with E-state index in [1.807, 2.05) is 35.5 Å². The van der Waals surface area contributed by atoms with Crippen molar-refractivity contribution in [3.63, 3.8) is 0 Å². The highest BCUT2D eigenvalue weighted by Crippen LogP contribution is 2.23. The molecule has 2 N–H and O–H groups in total. The molecular formula is C14H18N4OS. The number of piperidine rings is 1. The highest BCUT2D eigenvalue weighted by atomic mass is 32.1. The van der Waals surface area contributed by atoms with Crippen LogP contribution in [0.2, 0.25) is 0 Å². The van der Waals surface area contributed by atoms with Gasteiger partial charge in [-0.1, -0.05) is 6.07 Å². The van der Waals surface area contributed by atoms with Crippen LogP contribution in [-0.2, 0) is 0 Å². The minimum absolute atomic E-state index is 0.00374. The monoisotopic (exact) mass is 290 g/mol. The van der Waals surface area contributed by atoms with Gasteiger partial charge in [0.1, 0.15) is 0 Å². The maximum atomic E-state index is 12.5. The van der Waals surface area contributed by atoms with Crippen molar-refractivity contribution in [2.24, 2.45) is 0 Å². The molecule has 1 amide bonds. The lowest BCUT2D eigenvalue weighted by atomic mass is 10.1. The zero-order valence-corrected chi connectivity index (χ0v) is 12.2. The summed E-state index contributed by atoms with van der Waals surface area (Å²) in [6.07, 6.45) is 2.01. The van der Waals surface area contributed by atoms with E-state index < -0.39 is 0 Å². The summed E-state index contributed by atoms with van der Waals surface area (Å²) in [6.45, 7) is 1.95. The summed E-state index contributed by atoms with van der Waals surface area (Å²) in [5.41, 5.74) is 1.40. The van der Waals surface area contributed by atoms with Gasteiger partial charge in [0.2, 0.25) is 0 Å². The Labute approximate surface area is 122 Å². The third-order valence-corrected chi connectivity index (χ3v) is 4.66. The van der Waals surface area contributed by atoms with Gasteiger partial charge in [-0.05, 0) is 43.4 Å². The molecule has 5 nitrogen and oxygen atoms in total. The first-order chi connectivity index (χ1) is 9.75. The third-order valence-electron chi connectivity index (χ3n) is 3.76. The van der Waals surface area contributed by atoms with Crippen LogP contribution in [0.1, 0.15) is 23.3 Å². The first-order valence-electron chi connectivity index (χ1n) is 6.83. The average molecular weight is 290 g/mol. The highest BCUT2D eigenvalue weighted by molar-refractivity contribution is 7.13. The van der Waals surface area contributed by atoms with E-state index in [9.17, 15) is 4.79 Å². The van der Waals surface area contributed by atoms with E-state index >= 15 is 0 Å². The van der Waals surface area contributed by atoms with Crippen LogP contribution in [0.25, 0.3) is 10.6 Å². The number of rotatable bonds is 3. The zero-order chi connectivity index (χ0) is 13.9. The van der Waals surface area contributed by atoms with E-state index in [0.717, 1.165) is 36.5 Å². The van der Waals surface area contributed by atoms with Crippen molar-refractivity contribution in [2.45, 2.75) is 18.9 Å². The lowest BCUT2D eigenvalue weighted by molar-refractivity contribution is 0.0697. The molecular weight excluding hydrogens is 272 g/mol. The summed E-state index contributed by atoms with van der Waals surface area (Å²) in [5.74, 6) is -0.00374. The number of nitrogens with one attached hydrogen (secondary N) is 2. The first-order valence-corrected chi connectivity index (χ1v) is 7.71. The molecule has 0 spiro atoms. The van der Waals surface area contributed by atoms with Gasteiger partial charge in [-0.15, -0.1) is 11.3 Å². The Morgan fingerprint density at radius 3 is 2.95 bits per heavy atom. The van der Waals surface area contributed by atoms with Crippen LogP contribution in [0.5, 0.6) is 0 Å². The minimum atomic E-state index is -0.00374. The van der Waals surface area contributed by atoms with Gasteiger partial charge < -0.3 is 10.2 Å². The molecule has 0 aliphatic carbocycles. The maximum absolute atomic E-state index is 12.5. The second kappa shape index (κ2) is 5.76. The van der Waals surface area contributed by atoms with E-state index in [2.05, 4.69) is 15.5 Å². The Hall–Kier alpha value is -1.66. The van der Waals surface area contributed by atoms with Gasteiger partial charge in [-0.2, -0.15) is 5.10 Å². The number of carbonyl (C=O) groups is 1. The Kier molecular flexibility index (Phi) is 3.84. The van der Waals surface area contributed by atoms with Crippen molar-refractivity contribution in [3.8, 4) is 10.6 Å². The minimum Gasteiger partial charge on any atom is -0.337 e. The summed E-state index contributed by atoms with van der Waals surface area (Å²) < 4.78 is 0. The third kappa shape index (κ3) is 2.62. The van der Waals surface area contributed by atoms with Gasteiger partial charge in [0.15, 0.2) is 5.69 Å². The lowest BCUT2D eigenvalue weighted by Crippen LogP contribution is -2.44. The predicted octanol–water partition coefficient (Wildman–Crippen LogP) is 1.96. The number of H-pyrrole nitrogens is 1. The first kappa shape index (κ1) is 13.3. The predicted molar refractivity (Wildman–Crippen MR) is 79.9 cm³/mol. The van der Waals surface area contributed by atoms with Crippen LogP contribution in [0, 0.1) is 0 Å². The SMILES string of the molecule is CN(C(=O)c1cc(-c2cccs2)[nH]n1)C1CCNCC1. The molecule has 0 radical (unpaired) electrons. The van der Waals surface area contributed by atoms with Gasteiger partial charge in [0.25, 0.3) is 5.91 Å². The van der Waals surface area contributed by atoms with Crippen LogP contribution in [-0.4, -0.2) is 47.2 Å². The van der Waals surface area contributed by atoms with Crippen LogP contribution >= 0.6 is 11.3 Å². The normalized spacial score (nSPS) is 16.2. The fourth-order valence-corrected chi connectivity index (χ4v) is 3.22. The van der Waals surface area contributed by atoms with Gasteiger partial charge >= 0.3 is 0 Å². The molecule has 2 aromatic rings. The Bertz CT molecular complexity index is 572. The molecule has 2 aromatic heterocycles. The number of aromatic nitrogens is 2. The molecule has 0 aromatic carbocycles. The van der Waals surface area contributed by atoms with Gasteiger partial charge in [0.05, 0.1) is 10.6 Å². The summed E-state index contributed by atoms with van der Waals surface area (Å²) in [5, 5.41) is 12.4. The Balaban J connectivity index is 1.73. The van der Waals surface area contributed by atoms with E-state index in [4.69, 9.17) is 0 Å². The molecule has 1 aliphatic rings. The maximum Gasteiger partial charge on any atom is 0.274 e. The number of carbonyl (C=O) groups excluding carboxylic acids is 1. The molecule has 0 saturated carbocycles. The van der Waals surface area contributed by atoms with Gasteiger partial charge in [0, 0.05) is 13.1 Å². The van der Waals surface area contributed by atoms with Crippen molar-refractivity contribution >= 4 is 17.2 Å². The quantitative estimate of drug-likeness (QED) is 0.908. The fraction of sp³-hybridized carbons (Fsp3) is 0.429. The molecule has 6 heteroatoms. The molecule has 3 rings (SSSR count). The van der Waals surface area contributed by atoms with Crippen molar-refractivity contribution < 1.29 is 4.79 Å². The number of amides is 1. The second-order valence-corrected chi connectivity index (χ2v) is 5.99. The van der Waals surface area contributed by atoms with Crippen LogP contribution in [0.4, 0.5) is 0 Å². The van der Waals surface area contributed by atoms with Crippen molar-refractivity contribution in [1.29, 1.82) is 0 Å². The molecule has 106 valence electrons. The van der Waals surface area contributed by atoms with Crippen molar-refractivity contribution in [2.75, 3.05) is 20.1 Å². The average Bonchev–Trinajstić information content (AvgIpc) is 3.17. The lowest BCUT2D eigenvalue weighted by Gasteiger charge is -2.31. The number of aromatic amines is 1. The molecule has 1 fully saturated rings. The summed E-state index contributed by atoms with van der Waals surface area (Å²) in [4.78, 5) is 15.4. The molecule has 1 saturated heterocycles. The van der Waals surface area contributed by atoms with Crippen molar-refractivity contribution in [3.05, 3.63) is 29.3 Å². The van der Waals surface area contributed by atoms with Crippen molar-refractivity contribution in [1.82, 2.24) is 20.4 Å². The van der Waals surface area contributed by atoms with E-state index in [1.165, 1.54) is 0 Å². The molecule has 0 unspecified atom stereocenters. The van der Waals surface area contributed by atoms with Crippen LogP contribution in [0.3, 0.4) is 0 Å². The zero-order valence-electron chi connectivity index (χ0n) is 11.4. The fourth-order valence-electron chi connectivity index (χ4n) is 2.53. The molecule has 20 heavy (non-hydrogen) atoms. The largest absolute Gasteiger partial charge is 0.337 e. The molecule has 0 bridgehead atoms. The van der Waals surface area contributed by atoms with Gasteiger partial charge in [-0.25, -0.2) is 0 Å².